The van der Waals surface area contributed by atoms with Gasteiger partial charge in [-0.05, 0) is 37.3 Å². The van der Waals surface area contributed by atoms with Crippen molar-refractivity contribution in [3.05, 3.63) is 65.2 Å². The molecule has 0 bridgehead atoms. The number of hydrogen-bond donors (Lipinski definition) is 0. The predicted molar refractivity (Wildman–Crippen MR) is 86.2 cm³/mol. The summed E-state index contributed by atoms with van der Waals surface area (Å²) in [4.78, 5) is 25.7. The molecule has 2 aromatic carbocycles. The molecular formula is C17H16ClNO3. The van der Waals surface area contributed by atoms with Crippen LogP contribution in [-0.2, 0) is 9.53 Å². The highest BCUT2D eigenvalue weighted by molar-refractivity contribution is 6.30. The molecule has 22 heavy (non-hydrogen) atoms. The van der Waals surface area contributed by atoms with Crippen molar-refractivity contribution in [2.45, 2.75) is 6.92 Å². The molecular weight excluding hydrogens is 302 g/mol. The summed E-state index contributed by atoms with van der Waals surface area (Å²) in [5, 5.41) is 0.445. The second-order valence-electron chi connectivity index (χ2n) is 4.56. The van der Waals surface area contributed by atoms with Crippen molar-refractivity contribution in [1.29, 1.82) is 0 Å². The summed E-state index contributed by atoms with van der Waals surface area (Å²) in [7, 11) is 0. The first-order valence-corrected chi connectivity index (χ1v) is 7.27. The van der Waals surface area contributed by atoms with Gasteiger partial charge in [0.2, 0.25) is 0 Å². The molecule has 1 amide bonds. The summed E-state index contributed by atoms with van der Waals surface area (Å²) in [6, 6.07) is 15.7. The van der Waals surface area contributed by atoms with Crippen LogP contribution in [0.25, 0.3) is 0 Å². The molecule has 0 saturated carbocycles. The number of rotatable bonds is 5. The van der Waals surface area contributed by atoms with Crippen LogP contribution in [-0.4, -0.2) is 25.0 Å². The SMILES string of the molecule is CCN(C(=O)COC(=O)c1cccc(Cl)c1)c1ccccc1. The lowest BCUT2D eigenvalue weighted by molar-refractivity contribution is -0.121. The van der Waals surface area contributed by atoms with Crippen LogP contribution < -0.4 is 4.90 Å². The van der Waals surface area contributed by atoms with Crippen molar-refractivity contribution in [3.63, 3.8) is 0 Å². The van der Waals surface area contributed by atoms with Crippen LogP contribution in [0.2, 0.25) is 5.02 Å². The lowest BCUT2D eigenvalue weighted by Gasteiger charge is -2.20. The third-order valence-electron chi connectivity index (χ3n) is 3.07. The van der Waals surface area contributed by atoms with Gasteiger partial charge in [-0.2, -0.15) is 0 Å². The molecule has 0 aliphatic heterocycles. The summed E-state index contributed by atoms with van der Waals surface area (Å²) in [6.45, 7) is 2.05. The number of hydrogen-bond acceptors (Lipinski definition) is 3. The van der Waals surface area contributed by atoms with E-state index in [0.717, 1.165) is 5.69 Å². The molecule has 114 valence electrons. The predicted octanol–water partition coefficient (Wildman–Crippen LogP) is 3.55. The summed E-state index contributed by atoms with van der Waals surface area (Å²) in [5.41, 5.74) is 1.09. The normalized spacial score (nSPS) is 10.1. The van der Waals surface area contributed by atoms with Crippen LogP contribution in [0.3, 0.4) is 0 Å². The van der Waals surface area contributed by atoms with Gasteiger partial charge in [0.25, 0.3) is 5.91 Å². The van der Waals surface area contributed by atoms with Gasteiger partial charge in [-0.1, -0.05) is 35.9 Å². The van der Waals surface area contributed by atoms with Gasteiger partial charge in [-0.3, -0.25) is 4.79 Å². The van der Waals surface area contributed by atoms with E-state index in [1.165, 1.54) is 6.07 Å². The van der Waals surface area contributed by atoms with E-state index in [-0.39, 0.29) is 12.5 Å². The Kier molecular flexibility index (Phi) is 5.55. The van der Waals surface area contributed by atoms with Gasteiger partial charge in [0, 0.05) is 17.3 Å². The molecule has 0 aliphatic rings. The second-order valence-corrected chi connectivity index (χ2v) is 5.00. The molecule has 0 saturated heterocycles. The number of para-hydroxylation sites is 1. The van der Waals surface area contributed by atoms with E-state index in [1.807, 2.05) is 37.3 Å². The van der Waals surface area contributed by atoms with E-state index in [0.29, 0.717) is 17.1 Å². The fraction of sp³-hybridized carbons (Fsp3) is 0.176. The number of anilines is 1. The fourth-order valence-corrected chi connectivity index (χ4v) is 2.21. The maximum Gasteiger partial charge on any atom is 0.338 e. The Hall–Kier alpha value is -2.33. The Balaban J connectivity index is 1.98. The van der Waals surface area contributed by atoms with Gasteiger partial charge in [-0.25, -0.2) is 4.79 Å². The highest BCUT2D eigenvalue weighted by atomic mass is 35.5. The average molecular weight is 318 g/mol. The summed E-state index contributed by atoms with van der Waals surface area (Å²) < 4.78 is 5.06. The minimum atomic E-state index is -0.569. The van der Waals surface area contributed by atoms with Crippen LogP contribution in [0.1, 0.15) is 17.3 Å². The molecule has 5 heteroatoms. The molecule has 4 nitrogen and oxygen atoms in total. The first-order valence-electron chi connectivity index (χ1n) is 6.90. The molecule has 0 atom stereocenters. The van der Waals surface area contributed by atoms with E-state index in [4.69, 9.17) is 16.3 Å². The number of likely N-dealkylation sites (N-methyl/N-ethyl adjacent to an activating group) is 1. The highest BCUT2D eigenvalue weighted by Gasteiger charge is 2.16. The summed E-state index contributed by atoms with van der Waals surface area (Å²) in [6.07, 6.45) is 0. The molecule has 0 unspecified atom stereocenters. The molecule has 2 rings (SSSR count). The lowest BCUT2D eigenvalue weighted by Crippen LogP contribution is -2.34. The molecule has 0 aromatic heterocycles. The number of halogens is 1. The first-order chi connectivity index (χ1) is 10.6. The molecule has 2 aromatic rings. The quantitative estimate of drug-likeness (QED) is 0.792. The fourth-order valence-electron chi connectivity index (χ4n) is 2.01. The second kappa shape index (κ2) is 7.61. The van der Waals surface area contributed by atoms with Crippen LogP contribution >= 0.6 is 11.6 Å². The Bertz CT molecular complexity index is 658. The van der Waals surface area contributed by atoms with E-state index < -0.39 is 5.97 Å². The highest BCUT2D eigenvalue weighted by Crippen LogP contribution is 2.14. The number of amides is 1. The summed E-state index contributed by atoms with van der Waals surface area (Å²) >= 11 is 5.82. The van der Waals surface area contributed by atoms with Gasteiger partial charge in [0.05, 0.1) is 5.56 Å². The maximum atomic E-state index is 12.2. The first kappa shape index (κ1) is 16.0. The lowest BCUT2D eigenvalue weighted by atomic mass is 10.2. The molecule has 0 fully saturated rings. The number of ether oxygens (including phenoxy) is 1. The van der Waals surface area contributed by atoms with Gasteiger partial charge in [-0.15, -0.1) is 0 Å². The molecule has 0 heterocycles. The van der Waals surface area contributed by atoms with Crippen LogP contribution in [0.15, 0.2) is 54.6 Å². The van der Waals surface area contributed by atoms with Gasteiger partial charge in [0.15, 0.2) is 6.61 Å². The molecule has 0 aliphatic carbocycles. The van der Waals surface area contributed by atoms with E-state index >= 15 is 0 Å². The molecule has 0 radical (unpaired) electrons. The number of nitrogens with zero attached hydrogens (tertiary/aromatic N) is 1. The zero-order chi connectivity index (χ0) is 15.9. The topological polar surface area (TPSA) is 46.6 Å². The van der Waals surface area contributed by atoms with Crippen LogP contribution in [0.4, 0.5) is 5.69 Å². The number of carbonyl (C=O) groups excluding carboxylic acids is 2. The van der Waals surface area contributed by atoms with E-state index in [1.54, 1.807) is 23.1 Å². The summed E-state index contributed by atoms with van der Waals surface area (Å²) in [5.74, 6) is -0.843. The van der Waals surface area contributed by atoms with E-state index in [9.17, 15) is 9.59 Å². The van der Waals surface area contributed by atoms with Crippen molar-refractivity contribution in [2.24, 2.45) is 0 Å². The Morgan fingerprint density at radius 1 is 1.09 bits per heavy atom. The third-order valence-corrected chi connectivity index (χ3v) is 3.31. The smallest absolute Gasteiger partial charge is 0.338 e. The average Bonchev–Trinajstić information content (AvgIpc) is 2.54. The minimum absolute atomic E-state index is 0.274. The van der Waals surface area contributed by atoms with Crippen molar-refractivity contribution in [1.82, 2.24) is 0 Å². The van der Waals surface area contributed by atoms with E-state index in [2.05, 4.69) is 0 Å². The van der Waals surface area contributed by atoms with Crippen molar-refractivity contribution < 1.29 is 14.3 Å². The van der Waals surface area contributed by atoms with Crippen LogP contribution in [0.5, 0.6) is 0 Å². The zero-order valence-electron chi connectivity index (χ0n) is 12.2. The number of benzene rings is 2. The third kappa shape index (κ3) is 4.09. The van der Waals surface area contributed by atoms with Crippen molar-refractivity contribution in [2.75, 3.05) is 18.1 Å². The molecule has 0 spiro atoms. The van der Waals surface area contributed by atoms with Crippen molar-refractivity contribution >= 4 is 29.2 Å². The zero-order valence-corrected chi connectivity index (χ0v) is 12.9. The standard InChI is InChI=1S/C17H16ClNO3/c1-2-19(15-9-4-3-5-10-15)16(20)12-22-17(21)13-7-6-8-14(18)11-13/h3-11H,2,12H2,1H3. The number of esters is 1. The Morgan fingerprint density at radius 3 is 2.45 bits per heavy atom. The van der Waals surface area contributed by atoms with Crippen molar-refractivity contribution in [3.8, 4) is 0 Å². The van der Waals surface area contributed by atoms with Gasteiger partial charge >= 0.3 is 5.97 Å². The maximum absolute atomic E-state index is 12.2. The molecule has 0 N–H and O–H groups in total. The van der Waals surface area contributed by atoms with Crippen LogP contribution in [0, 0.1) is 0 Å². The number of carbonyl (C=O) groups is 2. The largest absolute Gasteiger partial charge is 0.452 e. The Morgan fingerprint density at radius 2 is 1.82 bits per heavy atom. The van der Waals surface area contributed by atoms with Gasteiger partial charge < -0.3 is 9.64 Å². The minimum Gasteiger partial charge on any atom is -0.452 e. The van der Waals surface area contributed by atoms with Gasteiger partial charge in [0.1, 0.15) is 0 Å². The Labute approximate surface area is 134 Å². The monoisotopic (exact) mass is 317 g/mol.